The van der Waals surface area contributed by atoms with Crippen molar-refractivity contribution in [2.24, 2.45) is 10.9 Å². The molecule has 1 unspecified atom stereocenters. The predicted molar refractivity (Wildman–Crippen MR) is 88.8 cm³/mol. The maximum absolute atomic E-state index is 12.8. The molecule has 1 heterocycles. The Morgan fingerprint density at radius 1 is 1.29 bits per heavy atom. The smallest absolute Gasteiger partial charge is 0.387 e. The van der Waals surface area contributed by atoms with E-state index in [-0.39, 0.29) is 22.5 Å². The van der Waals surface area contributed by atoms with Crippen LogP contribution in [0.2, 0.25) is 0 Å². The summed E-state index contributed by atoms with van der Waals surface area (Å²) in [6.07, 6.45) is 0. The Morgan fingerprint density at radius 2 is 1.93 bits per heavy atom. The number of esters is 1. The molecular formula is C17H15F2N2O7-. The molecule has 2 atom stereocenters. The Kier molecular flexibility index (Phi) is 6.06. The standard InChI is InChI=1S/C17H16F2N2O7/c1-7-12(15(22)23)14(13(8(2)20-7)16(24)27-3)10-6-9(21(25)26)4-5-11(10)28-17(18)19/h4-6,12,14,17H,1-3H3,(H,22,23)/p-1/t12?,14-/m0/s1. The molecule has 0 aliphatic carbocycles. The number of halogens is 2. The molecule has 1 aromatic carbocycles. The van der Waals surface area contributed by atoms with E-state index in [1.807, 2.05) is 0 Å². The van der Waals surface area contributed by atoms with Gasteiger partial charge in [-0.05, 0) is 19.9 Å². The van der Waals surface area contributed by atoms with E-state index >= 15 is 0 Å². The number of methoxy groups -OCH3 is 1. The van der Waals surface area contributed by atoms with Crippen LogP contribution >= 0.6 is 0 Å². The minimum Gasteiger partial charge on any atom is -0.549 e. The van der Waals surface area contributed by atoms with E-state index in [1.54, 1.807) is 0 Å². The third-order valence-corrected chi connectivity index (χ3v) is 4.24. The molecule has 150 valence electrons. The van der Waals surface area contributed by atoms with Gasteiger partial charge in [-0.2, -0.15) is 8.78 Å². The highest BCUT2D eigenvalue weighted by molar-refractivity contribution is 6.06. The molecule has 0 spiro atoms. The second-order valence-corrected chi connectivity index (χ2v) is 5.88. The Balaban J connectivity index is 2.83. The molecule has 0 amide bonds. The molecule has 0 radical (unpaired) electrons. The number of hydrogen-bond acceptors (Lipinski definition) is 8. The second kappa shape index (κ2) is 8.11. The number of aliphatic imine (C=N–C) groups is 1. The lowest BCUT2D eigenvalue weighted by atomic mass is 9.75. The number of carbonyl (C=O) groups excluding carboxylic acids is 2. The molecule has 9 nitrogen and oxygen atoms in total. The van der Waals surface area contributed by atoms with Gasteiger partial charge in [0.2, 0.25) is 0 Å². The summed E-state index contributed by atoms with van der Waals surface area (Å²) in [5.41, 5.74) is -0.929. The molecule has 1 aliphatic heterocycles. The number of hydrogen-bond donors (Lipinski definition) is 0. The third kappa shape index (κ3) is 3.97. The molecule has 28 heavy (non-hydrogen) atoms. The first-order valence-electron chi connectivity index (χ1n) is 7.86. The highest BCUT2D eigenvalue weighted by Gasteiger charge is 2.40. The number of carbonyl (C=O) groups is 2. The van der Waals surface area contributed by atoms with Crippen LogP contribution in [0.25, 0.3) is 0 Å². The molecule has 0 bridgehead atoms. The lowest BCUT2D eigenvalue weighted by Gasteiger charge is -2.34. The average Bonchev–Trinajstić information content (AvgIpc) is 2.59. The first-order chi connectivity index (χ1) is 13.1. The summed E-state index contributed by atoms with van der Waals surface area (Å²) in [5.74, 6) is -6.11. The fourth-order valence-electron chi connectivity index (χ4n) is 3.15. The van der Waals surface area contributed by atoms with Gasteiger partial charge in [0.15, 0.2) is 0 Å². The molecule has 0 saturated heterocycles. The first kappa shape index (κ1) is 20.9. The van der Waals surface area contributed by atoms with Gasteiger partial charge in [-0.1, -0.05) is 0 Å². The second-order valence-electron chi connectivity index (χ2n) is 5.88. The van der Waals surface area contributed by atoms with Gasteiger partial charge in [0, 0.05) is 40.9 Å². The van der Waals surface area contributed by atoms with Crippen molar-refractivity contribution in [1.29, 1.82) is 0 Å². The molecule has 0 saturated carbocycles. The zero-order valence-corrected chi connectivity index (χ0v) is 15.0. The number of allylic oxidation sites excluding steroid dienone is 1. The summed E-state index contributed by atoms with van der Waals surface area (Å²) in [6, 6.07) is 2.72. The number of ether oxygens (including phenoxy) is 2. The van der Waals surface area contributed by atoms with E-state index in [0.717, 1.165) is 25.3 Å². The van der Waals surface area contributed by atoms with E-state index in [1.165, 1.54) is 13.8 Å². The quantitative estimate of drug-likeness (QED) is 0.404. The van der Waals surface area contributed by atoms with E-state index in [4.69, 9.17) is 0 Å². The summed E-state index contributed by atoms with van der Waals surface area (Å²) < 4.78 is 34.8. The van der Waals surface area contributed by atoms with Crippen molar-refractivity contribution in [1.82, 2.24) is 0 Å². The SMILES string of the molecule is COC(=O)C1=C(C)N=C(C)C(C(=O)[O-])[C@@H]1c1cc([N+](=O)[O-])ccc1OC(F)F. The van der Waals surface area contributed by atoms with Crippen molar-refractivity contribution in [2.45, 2.75) is 26.4 Å². The van der Waals surface area contributed by atoms with Crippen molar-refractivity contribution < 1.29 is 37.9 Å². The molecule has 11 heteroatoms. The summed E-state index contributed by atoms with van der Waals surface area (Å²) in [7, 11) is 1.04. The molecule has 2 rings (SSSR count). The monoisotopic (exact) mass is 397 g/mol. The summed E-state index contributed by atoms with van der Waals surface area (Å²) in [6.45, 7) is -0.526. The van der Waals surface area contributed by atoms with Gasteiger partial charge < -0.3 is 19.4 Å². The van der Waals surface area contributed by atoms with Crippen molar-refractivity contribution in [3.63, 3.8) is 0 Å². The lowest BCUT2D eigenvalue weighted by Crippen LogP contribution is -2.42. The summed E-state index contributed by atoms with van der Waals surface area (Å²) >= 11 is 0. The number of nitrogens with zero attached hydrogens (tertiary/aromatic N) is 2. The normalized spacial score (nSPS) is 19.3. The number of carboxylic acids is 1. The third-order valence-electron chi connectivity index (χ3n) is 4.24. The summed E-state index contributed by atoms with van der Waals surface area (Å²) in [4.78, 5) is 38.4. The largest absolute Gasteiger partial charge is 0.549 e. The van der Waals surface area contributed by atoms with Crippen LogP contribution < -0.4 is 9.84 Å². The van der Waals surface area contributed by atoms with Crippen LogP contribution in [0, 0.1) is 16.0 Å². The highest BCUT2D eigenvalue weighted by Crippen LogP contribution is 2.44. The van der Waals surface area contributed by atoms with Gasteiger partial charge in [0.1, 0.15) is 5.75 Å². The number of nitro groups is 1. The number of alkyl halides is 2. The van der Waals surface area contributed by atoms with Gasteiger partial charge in [-0.25, -0.2) is 4.79 Å². The number of aliphatic carboxylic acids is 1. The molecule has 1 aliphatic rings. The van der Waals surface area contributed by atoms with Crippen LogP contribution in [0.5, 0.6) is 5.75 Å². The lowest BCUT2D eigenvalue weighted by molar-refractivity contribution is -0.385. The number of non-ortho nitro benzene ring substituents is 1. The Labute approximate surface area is 157 Å². The zero-order chi connectivity index (χ0) is 21.2. The maximum atomic E-state index is 12.8. The van der Waals surface area contributed by atoms with Gasteiger partial charge in [0.05, 0.1) is 23.6 Å². The van der Waals surface area contributed by atoms with E-state index in [0.29, 0.717) is 0 Å². The summed E-state index contributed by atoms with van der Waals surface area (Å²) in [5, 5.41) is 22.9. The van der Waals surface area contributed by atoms with Crippen LogP contribution in [0.3, 0.4) is 0 Å². The molecular weight excluding hydrogens is 382 g/mol. The number of rotatable bonds is 6. The van der Waals surface area contributed by atoms with Gasteiger partial charge in [-0.15, -0.1) is 0 Å². The van der Waals surface area contributed by atoms with E-state index in [2.05, 4.69) is 14.5 Å². The van der Waals surface area contributed by atoms with Crippen molar-refractivity contribution in [3.05, 3.63) is 45.1 Å². The predicted octanol–water partition coefficient (Wildman–Crippen LogP) is 1.57. The van der Waals surface area contributed by atoms with Crippen molar-refractivity contribution in [3.8, 4) is 5.75 Å². The Bertz CT molecular complexity index is 895. The van der Waals surface area contributed by atoms with E-state index < -0.39 is 46.7 Å². The minimum atomic E-state index is -3.29. The Morgan fingerprint density at radius 3 is 2.43 bits per heavy atom. The highest BCUT2D eigenvalue weighted by atomic mass is 19.3. The number of nitro benzene ring substituents is 1. The topological polar surface area (TPSA) is 131 Å². The van der Waals surface area contributed by atoms with Crippen LogP contribution in [-0.4, -0.2) is 36.3 Å². The van der Waals surface area contributed by atoms with Gasteiger partial charge in [-0.3, -0.25) is 15.1 Å². The first-order valence-corrected chi connectivity index (χ1v) is 7.86. The molecule has 1 aromatic rings. The molecule has 0 aromatic heterocycles. The van der Waals surface area contributed by atoms with Crippen LogP contribution in [-0.2, 0) is 14.3 Å². The fraction of sp³-hybridized carbons (Fsp3) is 0.353. The van der Waals surface area contributed by atoms with Crippen LogP contribution in [0.15, 0.2) is 34.5 Å². The van der Waals surface area contributed by atoms with Gasteiger partial charge in [0.25, 0.3) is 5.69 Å². The molecule has 0 N–H and O–H groups in total. The van der Waals surface area contributed by atoms with Crippen LogP contribution in [0.1, 0.15) is 25.3 Å². The van der Waals surface area contributed by atoms with Crippen molar-refractivity contribution in [2.75, 3.05) is 7.11 Å². The van der Waals surface area contributed by atoms with Crippen molar-refractivity contribution >= 4 is 23.3 Å². The minimum absolute atomic E-state index is 0.0321. The zero-order valence-electron chi connectivity index (χ0n) is 15.0. The Hall–Kier alpha value is -3.37. The van der Waals surface area contributed by atoms with Crippen LogP contribution in [0.4, 0.5) is 14.5 Å². The maximum Gasteiger partial charge on any atom is 0.387 e. The van der Waals surface area contributed by atoms with E-state index in [9.17, 15) is 33.6 Å². The number of carboxylic acid groups (broad SMARTS) is 1. The average molecular weight is 397 g/mol. The fourth-order valence-corrected chi connectivity index (χ4v) is 3.15. The van der Waals surface area contributed by atoms with Gasteiger partial charge >= 0.3 is 12.6 Å². The molecule has 0 fully saturated rings. The number of benzene rings is 1.